The molecule has 19 heavy (non-hydrogen) atoms. The van der Waals surface area contributed by atoms with Crippen molar-refractivity contribution in [2.24, 2.45) is 0 Å². The number of hydrogen-bond donors (Lipinski definition) is 0. The molecule has 2 aromatic rings. The number of aromatic nitrogens is 1. The molecule has 1 aromatic carbocycles. The van der Waals surface area contributed by atoms with E-state index in [9.17, 15) is 4.79 Å². The summed E-state index contributed by atoms with van der Waals surface area (Å²) in [5, 5.41) is 0. The van der Waals surface area contributed by atoms with Crippen LogP contribution in [-0.4, -0.2) is 17.4 Å². The minimum atomic E-state index is -0.00120. The molecule has 0 radical (unpaired) electrons. The highest BCUT2D eigenvalue weighted by Gasteiger charge is 2.18. The monoisotopic (exact) mass is 254 g/mol. The lowest BCUT2D eigenvalue weighted by Crippen LogP contribution is -2.31. The molecule has 0 saturated heterocycles. The minimum absolute atomic E-state index is 0.00120. The van der Waals surface area contributed by atoms with Gasteiger partial charge in [0, 0.05) is 24.1 Å². The maximum Gasteiger partial charge on any atom is 0.260 e. The number of hydrogen-bond acceptors (Lipinski definition) is 2. The average molecular weight is 254 g/mol. The van der Waals surface area contributed by atoms with Gasteiger partial charge in [-0.15, -0.1) is 0 Å². The van der Waals surface area contributed by atoms with Crippen LogP contribution in [0.25, 0.3) is 0 Å². The fourth-order valence-electron chi connectivity index (χ4n) is 2.09. The molecule has 1 amide bonds. The van der Waals surface area contributed by atoms with Gasteiger partial charge in [0.1, 0.15) is 0 Å². The van der Waals surface area contributed by atoms with E-state index >= 15 is 0 Å². The van der Waals surface area contributed by atoms with Crippen LogP contribution in [0.1, 0.15) is 28.5 Å². The molecule has 0 atom stereocenters. The zero-order valence-corrected chi connectivity index (χ0v) is 11.6. The first kappa shape index (κ1) is 13.3. The molecule has 98 valence electrons. The summed E-state index contributed by atoms with van der Waals surface area (Å²) in [4.78, 5) is 18.5. The van der Waals surface area contributed by atoms with E-state index in [-0.39, 0.29) is 5.91 Å². The molecule has 0 saturated carbocycles. The Hall–Kier alpha value is -2.16. The van der Waals surface area contributed by atoms with Gasteiger partial charge in [-0.2, -0.15) is 0 Å². The summed E-state index contributed by atoms with van der Waals surface area (Å²) in [6.07, 6.45) is 1.70. The molecule has 0 spiro atoms. The molecule has 0 aliphatic rings. The van der Waals surface area contributed by atoms with Crippen molar-refractivity contribution in [3.63, 3.8) is 0 Å². The highest BCUT2D eigenvalue weighted by atomic mass is 16.2. The van der Waals surface area contributed by atoms with Crippen molar-refractivity contribution >= 4 is 11.6 Å². The van der Waals surface area contributed by atoms with E-state index < -0.39 is 0 Å². The molecule has 0 aliphatic carbocycles. The first-order chi connectivity index (χ1) is 9.13. The highest BCUT2D eigenvalue weighted by molar-refractivity contribution is 6.06. The van der Waals surface area contributed by atoms with E-state index in [1.54, 1.807) is 17.2 Å². The quantitative estimate of drug-likeness (QED) is 0.841. The van der Waals surface area contributed by atoms with E-state index in [0.717, 1.165) is 16.9 Å². The third kappa shape index (κ3) is 2.81. The molecule has 1 heterocycles. The van der Waals surface area contributed by atoms with Crippen molar-refractivity contribution < 1.29 is 4.79 Å². The second-order valence-electron chi connectivity index (χ2n) is 4.52. The Labute approximate surface area is 113 Å². The summed E-state index contributed by atoms with van der Waals surface area (Å²) in [6.45, 7) is 6.50. The van der Waals surface area contributed by atoms with Gasteiger partial charge in [0.2, 0.25) is 0 Å². The van der Waals surface area contributed by atoms with Crippen molar-refractivity contribution in [1.82, 2.24) is 4.98 Å². The molecule has 0 bridgehead atoms. The van der Waals surface area contributed by atoms with E-state index in [1.807, 2.05) is 51.1 Å². The summed E-state index contributed by atoms with van der Waals surface area (Å²) in [7, 11) is 0. The van der Waals surface area contributed by atoms with Gasteiger partial charge in [0.15, 0.2) is 0 Å². The van der Waals surface area contributed by atoms with Crippen LogP contribution in [0.2, 0.25) is 0 Å². The van der Waals surface area contributed by atoms with Gasteiger partial charge in [-0.1, -0.05) is 12.1 Å². The maximum atomic E-state index is 12.6. The summed E-state index contributed by atoms with van der Waals surface area (Å²) in [6, 6.07) is 11.6. The fourth-order valence-corrected chi connectivity index (χ4v) is 2.09. The fraction of sp³-hybridized carbons (Fsp3) is 0.250. The van der Waals surface area contributed by atoms with Gasteiger partial charge in [0.05, 0.1) is 5.56 Å². The number of amides is 1. The Bertz CT molecular complexity index is 593. The highest BCUT2D eigenvalue weighted by Crippen LogP contribution is 2.19. The number of pyridine rings is 1. The van der Waals surface area contributed by atoms with Crippen LogP contribution in [0.3, 0.4) is 0 Å². The molecule has 0 aliphatic heterocycles. The van der Waals surface area contributed by atoms with Gasteiger partial charge in [0.25, 0.3) is 5.91 Å². The Balaban J connectivity index is 2.38. The van der Waals surface area contributed by atoms with Crippen LogP contribution < -0.4 is 4.90 Å². The third-order valence-electron chi connectivity index (χ3n) is 3.11. The lowest BCUT2D eigenvalue weighted by molar-refractivity contribution is 0.0987. The SMILES string of the molecule is CCN(C(=O)c1cccnc1C)c1cccc(C)c1. The first-order valence-electron chi connectivity index (χ1n) is 6.43. The van der Waals surface area contributed by atoms with Crippen molar-refractivity contribution in [2.75, 3.05) is 11.4 Å². The zero-order valence-electron chi connectivity index (χ0n) is 11.6. The third-order valence-corrected chi connectivity index (χ3v) is 3.11. The zero-order chi connectivity index (χ0) is 13.8. The largest absolute Gasteiger partial charge is 0.309 e. The van der Waals surface area contributed by atoms with Crippen LogP contribution in [0.15, 0.2) is 42.6 Å². The predicted molar refractivity (Wildman–Crippen MR) is 77.5 cm³/mol. The van der Waals surface area contributed by atoms with Gasteiger partial charge < -0.3 is 4.90 Å². The summed E-state index contributed by atoms with van der Waals surface area (Å²) in [5.41, 5.74) is 3.49. The lowest BCUT2D eigenvalue weighted by Gasteiger charge is -2.22. The van der Waals surface area contributed by atoms with E-state index in [1.165, 1.54) is 0 Å². The molecule has 1 aromatic heterocycles. The molecule has 3 heteroatoms. The van der Waals surface area contributed by atoms with Gasteiger partial charge in [-0.05, 0) is 50.6 Å². The van der Waals surface area contributed by atoms with E-state index in [2.05, 4.69) is 4.98 Å². The first-order valence-corrected chi connectivity index (χ1v) is 6.43. The number of carbonyl (C=O) groups excluding carboxylic acids is 1. The number of rotatable bonds is 3. The van der Waals surface area contributed by atoms with Crippen LogP contribution >= 0.6 is 0 Å². The van der Waals surface area contributed by atoms with Gasteiger partial charge in [-0.25, -0.2) is 0 Å². The number of nitrogens with zero attached hydrogens (tertiary/aromatic N) is 2. The summed E-state index contributed by atoms with van der Waals surface area (Å²) < 4.78 is 0. The lowest BCUT2D eigenvalue weighted by atomic mass is 10.1. The Morgan fingerprint density at radius 2 is 2.00 bits per heavy atom. The Morgan fingerprint density at radius 1 is 1.21 bits per heavy atom. The second-order valence-corrected chi connectivity index (χ2v) is 4.52. The normalized spacial score (nSPS) is 10.3. The van der Waals surface area contributed by atoms with Crippen molar-refractivity contribution in [1.29, 1.82) is 0 Å². The van der Waals surface area contributed by atoms with Crippen molar-refractivity contribution in [3.8, 4) is 0 Å². The summed E-state index contributed by atoms with van der Waals surface area (Å²) >= 11 is 0. The van der Waals surface area contributed by atoms with E-state index in [4.69, 9.17) is 0 Å². The molecular weight excluding hydrogens is 236 g/mol. The van der Waals surface area contributed by atoms with Crippen molar-refractivity contribution in [3.05, 3.63) is 59.4 Å². The predicted octanol–water partition coefficient (Wildman–Crippen LogP) is 3.37. The van der Waals surface area contributed by atoms with Crippen LogP contribution in [-0.2, 0) is 0 Å². The van der Waals surface area contributed by atoms with Crippen LogP contribution in [0, 0.1) is 13.8 Å². The molecular formula is C16H18N2O. The Kier molecular flexibility index (Phi) is 3.95. The van der Waals surface area contributed by atoms with Gasteiger partial charge >= 0.3 is 0 Å². The average Bonchev–Trinajstić information content (AvgIpc) is 2.40. The number of benzene rings is 1. The maximum absolute atomic E-state index is 12.6. The molecule has 0 unspecified atom stereocenters. The number of carbonyl (C=O) groups is 1. The molecule has 0 N–H and O–H groups in total. The Morgan fingerprint density at radius 3 is 2.63 bits per heavy atom. The molecule has 2 rings (SSSR count). The van der Waals surface area contributed by atoms with Crippen molar-refractivity contribution in [2.45, 2.75) is 20.8 Å². The second kappa shape index (κ2) is 5.65. The molecule has 0 fully saturated rings. The number of anilines is 1. The van der Waals surface area contributed by atoms with Gasteiger partial charge in [-0.3, -0.25) is 9.78 Å². The smallest absolute Gasteiger partial charge is 0.260 e. The van der Waals surface area contributed by atoms with Crippen LogP contribution in [0.4, 0.5) is 5.69 Å². The minimum Gasteiger partial charge on any atom is -0.309 e. The number of aryl methyl sites for hydroxylation is 2. The molecule has 3 nitrogen and oxygen atoms in total. The van der Waals surface area contributed by atoms with Crippen LogP contribution in [0.5, 0.6) is 0 Å². The topological polar surface area (TPSA) is 33.2 Å². The standard InChI is InChI=1S/C16H18N2O/c1-4-18(14-8-5-7-12(2)11-14)16(19)15-9-6-10-17-13(15)3/h5-11H,4H2,1-3H3. The van der Waals surface area contributed by atoms with E-state index in [0.29, 0.717) is 12.1 Å². The summed E-state index contributed by atoms with van der Waals surface area (Å²) in [5.74, 6) is -0.00120.